The molecule has 0 aliphatic heterocycles. The SMILES string of the molecule is CCOCn1c(Oc2ccccc2)c(CC)c(=O)[nH]c1=O. The van der Waals surface area contributed by atoms with Gasteiger partial charge >= 0.3 is 5.69 Å². The molecule has 2 rings (SSSR count). The van der Waals surface area contributed by atoms with Crippen molar-refractivity contribution in [2.75, 3.05) is 6.61 Å². The third-order valence-electron chi connectivity index (χ3n) is 2.98. The third-order valence-corrected chi connectivity index (χ3v) is 2.98. The van der Waals surface area contributed by atoms with Crippen molar-refractivity contribution in [3.63, 3.8) is 0 Å². The van der Waals surface area contributed by atoms with Gasteiger partial charge in [0.15, 0.2) is 0 Å². The first kappa shape index (κ1) is 15.1. The Bertz CT molecular complexity index is 704. The minimum absolute atomic E-state index is 0.0290. The van der Waals surface area contributed by atoms with Gasteiger partial charge in [-0.05, 0) is 25.5 Å². The zero-order chi connectivity index (χ0) is 15.2. The lowest BCUT2D eigenvalue weighted by Gasteiger charge is -2.15. The summed E-state index contributed by atoms with van der Waals surface area (Å²) in [6.07, 6.45) is 0.448. The quantitative estimate of drug-likeness (QED) is 0.881. The van der Waals surface area contributed by atoms with Gasteiger partial charge in [0.1, 0.15) is 12.5 Å². The van der Waals surface area contributed by atoms with Crippen molar-refractivity contribution in [1.29, 1.82) is 0 Å². The summed E-state index contributed by atoms with van der Waals surface area (Å²) in [5, 5.41) is 0. The summed E-state index contributed by atoms with van der Waals surface area (Å²) in [5.74, 6) is 0.786. The maximum atomic E-state index is 12.0. The molecule has 21 heavy (non-hydrogen) atoms. The summed E-state index contributed by atoms with van der Waals surface area (Å²) in [6.45, 7) is 4.15. The van der Waals surface area contributed by atoms with Crippen molar-refractivity contribution < 1.29 is 9.47 Å². The van der Waals surface area contributed by atoms with E-state index >= 15 is 0 Å². The molecule has 0 saturated heterocycles. The second kappa shape index (κ2) is 6.90. The van der Waals surface area contributed by atoms with Gasteiger partial charge < -0.3 is 9.47 Å². The summed E-state index contributed by atoms with van der Waals surface area (Å²) >= 11 is 0. The van der Waals surface area contributed by atoms with Crippen LogP contribution < -0.4 is 16.0 Å². The molecule has 0 saturated carbocycles. The number of para-hydroxylation sites is 1. The van der Waals surface area contributed by atoms with Crippen molar-refractivity contribution in [2.45, 2.75) is 27.0 Å². The first-order valence-corrected chi connectivity index (χ1v) is 6.84. The van der Waals surface area contributed by atoms with E-state index in [0.29, 0.717) is 24.3 Å². The molecular formula is C15H18N2O4. The Kier molecular flexibility index (Phi) is 4.94. The topological polar surface area (TPSA) is 73.3 Å². The first-order valence-electron chi connectivity index (χ1n) is 6.84. The first-order chi connectivity index (χ1) is 10.2. The molecule has 0 radical (unpaired) electrons. The number of benzene rings is 1. The predicted molar refractivity (Wildman–Crippen MR) is 78.8 cm³/mol. The molecule has 1 heterocycles. The Morgan fingerprint density at radius 3 is 2.48 bits per heavy atom. The van der Waals surface area contributed by atoms with E-state index in [1.165, 1.54) is 4.57 Å². The van der Waals surface area contributed by atoms with Crippen LogP contribution >= 0.6 is 0 Å². The fourth-order valence-corrected chi connectivity index (χ4v) is 1.92. The molecule has 0 unspecified atom stereocenters. The molecule has 0 amide bonds. The largest absolute Gasteiger partial charge is 0.440 e. The average molecular weight is 290 g/mol. The van der Waals surface area contributed by atoms with Crippen LogP contribution in [0.3, 0.4) is 0 Å². The molecule has 0 aliphatic rings. The molecule has 0 aliphatic carbocycles. The number of hydrogen-bond acceptors (Lipinski definition) is 4. The van der Waals surface area contributed by atoms with Crippen LogP contribution in [0.25, 0.3) is 0 Å². The van der Waals surface area contributed by atoms with E-state index in [9.17, 15) is 9.59 Å². The Hall–Kier alpha value is -2.34. The van der Waals surface area contributed by atoms with Gasteiger partial charge in [0, 0.05) is 6.61 Å². The summed E-state index contributed by atoms with van der Waals surface area (Å²) in [7, 11) is 0. The van der Waals surface area contributed by atoms with Crippen LogP contribution in [0.2, 0.25) is 0 Å². The van der Waals surface area contributed by atoms with Crippen molar-refractivity contribution in [3.05, 3.63) is 56.7 Å². The van der Waals surface area contributed by atoms with Gasteiger partial charge in [-0.1, -0.05) is 25.1 Å². The maximum absolute atomic E-state index is 12.0. The van der Waals surface area contributed by atoms with Crippen LogP contribution in [0, 0.1) is 0 Å². The van der Waals surface area contributed by atoms with Crippen LogP contribution in [-0.2, 0) is 17.9 Å². The lowest BCUT2D eigenvalue weighted by Crippen LogP contribution is -2.33. The lowest BCUT2D eigenvalue weighted by atomic mass is 10.2. The minimum Gasteiger partial charge on any atom is -0.440 e. The fraction of sp³-hybridized carbons (Fsp3) is 0.333. The highest BCUT2D eigenvalue weighted by molar-refractivity contribution is 5.31. The molecular weight excluding hydrogens is 272 g/mol. The zero-order valence-electron chi connectivity index (χ0n) is 12.1. The normalized spacial score (nSPS) is 10.6. The van der Waals surface area contributed by atoms with Gasteiger partial charge in [0.2, 0.25) is 5.88 Å². The molecule has 0 atom stereocenters. The van der Waals surface area contributed by atoms with Gasteiger partial charge in [0.25, 0.3) is 5.56 Å². The van der Waals surface area contributed by atoms with E-state index in [2.05, 4.69) is 4.98 Å². The second-order valence-electron chi connectivity index (χ2n) is 4.36. The number of hydrogen-bond donors (Lipinski definition) is 1. The van der Waals surface area contributed by atoms with Gasteiger partial charge in [-0.2, -0.15) is 0 Å². The molecule has 112 valence electrons. The number of nitrogens with zero attached hydrogens (tertiary/aromatic N) is 1. The van der Waals surface area contributed by atoms with Gasteiger partial charge in [-0.25, -0.2) is 9.36 Å². The molecule has 0 spiro atoms. The predicted octanol–water partition coefficient (Wildman–Crippen LogP) is 1.89. The van der Waals surface area contributed by atoms with E-state index in [1.54, 1.807) is 12.1 Å². The highest BCUT2D eigenvalue weighted by atomic mass is 16.5. The van der Waals surface area contributed by atoms with Crippen molar-refractivity contribution in [1.82, 2.24) is 9.55 Å². The molecule has 1 aromatic heterocycles. The van der Waals surface area contributed by atoms with Crippen LogP contribution in [0.15, 0.2) is 39.9 Å². The smallest absolute Gasteiger partial charge is 0.333 e. The number of aromatic amines is 1. The molecule has 2 aromatic rings. The monoisotopic (exact) mass is 290 g/mol. The van der Waals surface area contributed by atoms with E-state index < -0.39 is 11.2 Å². The Labute approximate surface area is 122 Å². The lowest BCUT2D eigenvalue weighted by molar-refractivity contribution is 0.0788. The zero-order valence-corrected chi connectivity index (χ0v) is 12.1. The van der Waals surface area contributed by atoms with Gasteiger partial charge in [-0.15, -0.1) is 0 Å². The second-order valence-corrected chi connectivity index (χ2v) is 4.36. The molecule has 1 aromatic carbocycles. The van der Waals surface area contributed by atoms with Gasteiger partial charge in [-0.3, -0.25) is 9.78 Å². The standard InChI is InChI=1S/C15H18N2O4/c1-3-12-13(18)16-15(19)17(10-20-4-2)14(12)21-11-8-6-5-7-9-11/h5-9H,3-4,10H2,1-2H3,(H,16,18,19). The van der Waals surface area contributed by atoms with E-state index in [0.717, 1.165) is 0 Å². The summed E-state index contributed by atoms with van der Waals surface area (Å²) in [4.78, 5) is 26.2. The van der Waals surface area contributed by atoms with E-state index in [-0.39, 0.29) is 12.6 Å². The summed E-state index contributed by atoms with van der Waals surface area (Å²) in [5.41, 5.74) is -0.559. The van der Waals surface area contributed by atoms with Crippen LogP contribution in [0.4, 0.5) is 0 Å². The molecule has 0 bridgehead atoms. The summed E-state index contributed by atoms with van der Waals surface area (Å²) in [6, 6.07) is 9.02. The van der Waals surface area contributed by atoms with Gasteiger partial charge in [0.05, 0.1) is 5.56 Å². The molecule has 0 fully saturated rings. The highest BCUT2D eigenvalue weighted by Gasteiger charge is 2.15. The van der Waals surface area contributed by atoms with E-state index in [4.69, 9.17) is 9.47 Å². The van der Waals surface area contributed by atoms with Crippen molar-refractivity contribution in [3.8, 4) is 11.6 Å². The fourth-order valence-electron chi connectivity index (χ4n) is 1.92. The van der Waals surface area contributed by atoms with Crippen LogP contribution in [-0.4, -0.2) is 16.2 Å². The summed E-state index contributed by atoms with van der Waals surface area (Å²) < 4.78 is 12.3. The number of H-pyrrole nitrogens is 1. The Morgan fingerprint density at radius 1 is 1.14 bits per heavy atom. The van der Waals surface area contributed by atoms with Crippen LogP contribution in [0.1, 0.15) is 19.4 Å². The number of nitrogens with one attached hydrogen (secondary N) is 1. The van der Waals surface area contributed by atoms with Crippen molar-refractivity contribution >= 4 is 0 Å². The Morgan fingerprint density at radius 2 is 1.86 bits per heavy atom. The average Bonchev–Trinajstić information content (AvgIpc) is 2.48. The van der Waals surface area contributed by atoms with Crippen molar-refractivity contribution in [2.24, 2.45) is 0 Å². The molecule has 1 N–H and O–H groups in total. The number of rotatable bonds is 6. The molecule has 6 nitrogen and oxygen atoms in total. The highest BCUT2D eigenvalue weighted by Crippen LogP contribution is 2.22. The maximum Gasteiger partial charge on any atom is 0.333 e. The minimum atomic E-state index is -0.545. The number of ether oxygens (including phenoxy) is 2. The van der Waals surface area contributed by atoms with Crippen LogP contribution in [0.5, 0.6) is 11.6 Å². The number of aromatic nitrogens is 2. The van der Waals surface area contributed by atoms with E-state index in [1.807, 2.05) is 32.0 Å². The molecule has 6 heteroatoms. The Balaban J connectivity index is 2.53. The third kappa shape index (κ3) is 3.41.